The number of rotatable bonds is 4. The molecule has 5 N–H and O–H groups in total. The van der Waals surface area contributed by atoms with Crippen LogP contribution in [0.2, 0.25) is 0 Å². The van der Waals surface area contributed by atoms with E-state index in [-0.39, 0.29) is 58.6 Å². The van der Waals surface area contributed by atoms with Crippen molar-refractivity contribution in [1.82, 2.24) is 0 Å². The van der Waals surface area contributed by atoms with Crippen molar-refractivity contribution in [3.05, 3.63) is 68.6 Å². The summed E-state index contributed by atoms with van der Waals surface area (Å²) in [6.45, 7) is 1.53. The van der Waals surface area contributed by atoms with Gasteiger partial charge in [-0.2, -0.15) is 0 Å². The van der Waals surface area contributed by atoms with Crippen LogP contribution in [-0.4, -0.2) is 43.2 Å². The second kappa shape index (κ2) is 8.10. The number of benzene rings is 2. The molecule has 1 aromatic heterocycles. The molecule has 1 heterocycles. The Bertz CT molecular complexity index is 1340. The minimum absolute atomic E-state index is 0.0515. The van der Waals surface area contributed by atoms with Crippen molar-refractivity contribution in [2.75, 3.05) is 0 Å². The monoisotopic (exact) mass is 452 g/mol. The summed E-state index contributed by atoms with van der Waals surface area (Å²) in [5.41, 5.74) is -0.215. The second-order valence-electron chi connectivity index (χ2n) is 8.02. The molecular weight excluding hydrogens is 432 g/mol. The van der Waals surface area contributed by atoms with Gasteiger partial charge in [-0.3, -0.25) is 9.59 Å². The third kappa shape index (κ3) is 4.06. The molecule has 0 fully saturated rings. The van der Waals surface area contributed by atoms with Crippen molar-refractivity contribution < 1.29 is 39.5 Å². The molecule has 0 aliphatic heterocycles. The highest BCUT2D eigenvalue weighted by molar-refractivity contribution is 6.05. The van der Waals surface area contributed by atoms with Crippen LogP contribution in [0, 0.1) is 6.92 Å². The molecule has 2 aromatic carbocycles. The number of hydrogen-bond donors (Lipinski definition) is 5. The third-order valence-corrected chi connectivity index (χ3v) is 5.56. The third-order valence-electron chi connectivity index (χ3n) is 5.56. The molecule has 0 amide bonds. The fourth-order valence-electron chi connectivity index (χ4n) is 4.33. The number of fused-ring (bicyclic) bond motifs is 1. The van der Waals surface area contributed by atoms with Crippen molar-refractivity contribution in [1.29, 1.82) is 0 Å². The zero-order chi connectivity index (χ0) is 24.0. The van der Waals surface area contributed by atoms with Crippen molar-refractivity contribution in [3.63, 3.8) is 0 Å². The maximum atomic E-state index is 13.1. The normalized spacial score (nSPS) is 15.3. The van der Waals surface area contributed by atoms with Gasteiger partial charge in [-0.1, -0.05) is 0 Å². The molecule has 4 rings (SSSR count). The molecule has 0 saturated heterocycles. The highest BCUT2D eigenvalue weighted by atomic mass is 16.4. The number of aromatic hydroxyl groups is 4. The summed E-state index contributed by atoms with van der Waals surface area (Å²) >= 11 is 0. The maximum Gasteiger partial charge on any atom is 0.339 e. The highest BCUT2D eigenvalue weighted by Crippen LogP contribution is 2.41. The molecule has 3 aromatic rings. The van der Waals surface area contributed by atoms with E-state index in [1.807, 2.05) is 0 Å². The van der Waals surface area contributed by atoms with Crippen molar-refractivity contribution in [3.8, 4) is 34.3 Å². The van der Waals surface area contributed by atoms with Crippen LogP contribution in [0.15, 0.2) is 39.5 Å². The van der Waals surface area contributed by atoms with Crippen molar-refractivity contribution >= 4 is 11.6 Å². The Kier molecular flexibility index (Phi) is 5.43. The van der Waals surface area contributed by atoms with E-state index in [1.54, 1.807) is 0 Å². The number of carbonyl (C=O) groups excluding carboxylic acids is 2. The summed E-state index contributed by atoms with van der Waals surface area (Å²) in [5, 5.41) is 50.5. The molecule has 1 atom stereocenters. The Hall–Kier alpha value is -4.11. The lowest BCUT2D eigenvalue weighted by Crippen LogP contribution is -2.25. The molecule has 1 aliphatic rings. The number of aliphatic hydroxyl groups excluding tert-OH is 1. The molecule has 0 radical (unpaired) electrons. The molecule has 1 aliphatic carbocycles. The van der Waals surface area contributed by atoms with E-state index >= 15 is 0 Å². The molecule has 9 heteroatoms. The first-order valence-corrected chi connectivity index (χ1v) is 10.0. The summed E-state index contributed by atoms with van der Waals surface area (Å²) < 4.78 is 5.23. The van der Waals surface area contributed by atoms with Gasteiger partial charge in [0.15, 0.2) is 11.6 Å². The summed E-state index contributed by atoms with van der Waals surface area (Å²) in [5.74, 6) is -2.70. The lowest BCUT2D eigenvalue weighted by Gasteiger charge is -2.25. The Morgan fingerprint density at radius 1 is 0.939 bits per heavy atom. The van der Waals surface area contributed by atoms with Gasteiger partial charge in [0.1, 0.15) is 28.8 Å². The van der Waals surface area contributed by atoms with Crippen LogP contribution in [0.3, 0.4) is 0 Å². The number of aliphatic hydroxyl groups is 1. The highest BCUT2D eigenvalue weighted by Gasteiger charge is 2.32. The van der Waals surface area contributed by atoms with Crippen molar-refractivity contribution in [2.24, 2.45) is 0 Å². The number of phenols is 3. The Morgan fingerprint density at radius 3 is 2.30 bits per heavy atom. The predicted molar refractivity (Wildman–Crippen MR) is 115 cm³/mol. The first kappa shape index (κ1) is 22.1. The number of ketones is 2. The van der Waals surface area contributed by atoms with E-state index in [0.29, 0.717) is 5.56 Å². The summed E-state index contributed by atoms with van der Waals surface area (Å²) in [4.78, 5) is 37.5. The maximum absolute atomic E-state index is 13.1. The van der Waals surface area contributed by atoms with Crippen LogP contribution in [0.4, 0.5) is 0 Å². The number of carbonyl (C=O) groups is 2. The molecule has 9 nitrogen and oxygen atoms in total. The lowest BCUT2D eigenvalue weighted by atomic mass is 9.81. The van der Waals surface area contributed by atoms with E-state index in [1.165, 1.54) is 19.1 Å². The van der Waals surface area contributed by atoms with Crippen LogP contribution < -0.4 is 5.63 Å². The van der Waals surface area contributed by atoms with E-state index in [9.17, 15) is 39.9 Å². The van der Waals surface area contributed by atoms with E-state index in [4.69, 9.17) is 4.42 Å². The summed E-state index contributed by atoms with van der Waals surface area (Å²) in [6, 6.07) is 5.50. The summed E-state index contributed by atoms with van der Waals surface area (Å²) in [6.07, 6.45) is -1.71. The quantitative estimate of drug-likeness (QED) is 0.374. The second-order valence-corrected chi connectivity index (χ2v) is 8.02. The molecule has 33 heavy (non-hydrogen) atoms. The first-order valence-electron chi connectivity index (χ1n) is 10.0. The van der Waals surface area contributed by atoms with Gasteiger partial charge in [-0.15, -0.1) is 0 Å². The smallest absolute Gasteiger partial charge is 0.339 e. The first-order chi connectivity index (χ1) is 15.5. The fraction of sp³-hybridized carbons (Fsp3) is 0.208. The van der Waals surface area contributed by atoms with E-state index < -0.39 is 40.5 Å². The van der Waals surface area contributed by atoms with Gasteiger partial charge in [0.2, 0.25) is 0 Å². The van der Waals surface area contributed by atoms with Crippen LogP contribution in [0.25, 0.3) is 11.3 Å². The van der Waals surface area contributed by atoms with Gasteiger partial charge < -0.3 is 29.9 Å². The van der Waals surface area contributed by atoms with Crippen LogP contribution in [0.1, 0.15) is 43.8 Å². The standard InChI is InChI=1S/C24H20O9/c1-10-2-12(25)6-18(30)22(10)16(28)3-11-4-17(29)24-15(5-13(26)7-19(24)31)23(11)20-8-14(27)9-21(32)33-20/h2,4,6,8-9,13,25-27,29-30H,3,5,7H2,1H3. The minimum Gasteiger partial charge on any atom is -0.508 e. The predicted octanol–water partition coefficient (Wildman–Crippen LogP) is 2.35. The van der Waals surface area contributed by atoms with Gasteiger partial charge in [0.05, 0.1) is 23.3 Å². The number of Topliss-reactive ketones (excluding diaryl/α,β-unsaturated/α-hetero) is 2. The average Bonchev–Trinajstić information content (AvgIpc) is 2.65. The minimum atomic E-state index is -1.05. The molecule has 0 bridgehead atoms. The number of hydrogen-bond acceptors (Lipinski definition) is 9. The van der Waals surface area contributed by atoms with Crippen molar-refractivity contribution in [2.45, 2.75) is 32.3 Å². The van der Waals surface area contributed by atoms with Crippen LogP contribution in [-0.2, 0) is 12.8 Å². The van der Waals surface area contributed by atoms with E-state index in [2.05, 4.69) is 0 Å². The molecule has 1 unspecified atom stereocenters. The van der Waals surface area contributed by atoms with Crippen LogP contribution in [0.5, 0.6) is 23.0 Å². The van der Waals surface area contributed by atoms with Gasteiger partial charge in [-0.25, -0.2) is 4.79 Å². The topological polar surface area (TPSA) is 165 Å². The molecule has 170 valence electrons. The fourth-order valence-corrected chi connectivity index (χ4v) is 4.33. The zero-order valence-corrected chi connectivity index (χ0v) is 17.5. The largest absolute Gasteiger partial charge is 0.508 e. The zero-order valence-electron chi connectivity index (χ0n) is 17.5. The van der Waals surface area contributed by atoms with Crippen LogP contribution >= 0.6 is 0 Å². The van der Waals surface area contributed by atoms with E-state index in [0.717, 1.165) is 18.2 Å². The van der Waals surface area contributed by atoms with Gasteiger partial charge >= 0.3 is 5.63 Å². The Balaban J connectivity index is 1.94. The van der Waals surface area contributed by atoms with Gasteiger partial charge in [0, 0.05) is 37.0 Å². The molecular formula is C24H20O9. The van der Waals surface area contributed by atoms with Gasteiger partial charge in [-0.05, 0) is 35.7 Å². The SMILES string of the molecule is Cc1cc(O)cc(O)c1C(=O)Cc1cc(O)c2c(c1-c1cc(O)cc(=O)o1)CC(O)CC2=O. The number of phenolic OH excluding ortho intramolecular Hbond substituents is 3. The van der Waals surface area contributed by atoms with Gasteiger partial charge in [0.25, 0.3) is 0 Å². The number of aryl methyl sites for hydroxylation is 1. The Labute approximate surface area is 186 Å². The Morgan fingerprint density at radius 2 is 1.64 bits per heavy atom. The summed E-state index contributed by atoms with van der Waals surface area (Å²) in [7, 11) is 0. The molecule has 0 spiro atoms. The lowest BCUT2D eigenvalue weighted by molar-refractivity contribution is 0.0850. The average molecular weight is 452 g/mol. The molecule has 0 saturated carbocycles.